The van der Waals surface area contributed by atoms with Gasteiger partial charge in [0.15, 0.2) is 15.0 Å². The number of anilines is 1. The van der Waals surface area contributed by atoms with Crippen molar-refractivity contribution in [3.8, 4) is 0 Å². The number of hydrogen-bond acceptors (Lipinski definition) is 6. The molecule has 1 amide bonds. The molecule has 0 radical (unpaired) electrons. The van der Waals surface area contributed by atoms with Crippen LogP contribution < -0.4 is 10.6 Å². The summed E-state index contributed by atoms with van der Waals surface area (Å²) < 4.78 is 23.4. The Balaban J connectivity index is 1.27. The van der Waals surface area contributed by atoms with Crippen molar-refractivity contribution in [3.63, 3.8) is 0 Å². The minimum absolute atomic E-state index is 0.00430. The first-order valence-electron chi connectivity index (χ1n) is 10.2. The van der Waals surface area contributed by atoms with Gasteiger partial charge in [0.1, 0.15) is 0 Å². The van der Waals surface area contributed by atoms with E-state index in [9.17, 15) is 13.2 Å². The lowest BCUT2D eigenvalue weighted by Crippen LogP contribution is -2.31. The van der Waals surface area contributed by atoms with E-state index in [1.54, 1.807) is 6.07 Å². The number of amidine groups is 1. The predicted molar refractivity (Wildman–Crippen MR) is 121 cm³/mol. The van der Waals surface area contributed by atoms with E-state index in [1.807, 2.05) is 30.3 Å². The van der Waals surface area contributed by atoms with Crippen LogP contribution in [-0.2, 0) is 16.3 Å². The van der Waals surface area contributed by atoms with E-state index in [-0.39, 0.29) is 34.7 Å². The van der Waals surface area contributed by atoms with Crippen LogP contribution in [0, 0.1) is 0 Å². The zero-order chi connectivity index (χ0) is 20.7. The first-order chi connectivity index (χ1) is 14.5. The molecule has 8 heteroatoms. The normalized spacial score (nSPS) is 26.4. The lowest BCUT2D eigenvalue weighted by molar-refractivity contribution is 0.0933. The van der Waals surface area contributed by atoms with Crippen molar-refractivity contribution in [1.29, 1.82) is 0 Å². The molecule has 3 unspecified atom stereocenters. The Bertz CT molecular complexity index is 1130. The lowest BCUT2D eigenvalue weighted by Gasteiger charge is -2.26. The van der Waals surface area contributed by atoms with Crippen LogP contribution in [0.15, 0.2) is 53.5 Å². The Morgan fingerprint density at radius 3 is 2.83 bits per heavy atom. The third-order valence-corrected chi connectivity index (χ3v) is 9.01. The molecule has 30 heavy (non-hydrogen) atoms. The summed E-state index contributed by atoms with van der Waals surface area (Å²) in [4.78, 5) is 17.4. The highest BCUT2D eigenvalue weighted by atomic mass is 32.2. The number of carbonyl (C=O) groups excluding carboxylic acids is 1. The van der Waals surface area contributed by atoms with Crippen molar-refractivity contribution in [1.82, 2.24) is 5.32 Å². The third kappa shape index (κ3) is 3.98. The van der Waals surface area contributed by atoms with E-state index in [1.165, 1.54) is 22.9 Å². The number of sulfone groups is 1. The van der Waals surface area contributed by atoms with Crippen molar-refractivity contribution >= 4 is 38.4 Å². The minimum atomic E-state index is -2.96. The number of amides is 1. The lowest BCUT2D eigenvalue weighted by atomic mass is 9.87. The average Bonchev–Trinajstić information content (AvgIpc) is 3.21. The molecule has 2 N–H and O–H groups in total. The second-order valence-electron chi connectivity index (χ2n) is 8.06. The molecule has 1 fully saturated rings. The van der Waals surface area contributed by atoms with Gasteiger partial charge in [0.05, 0.1) is 23.6 Å². The number of nitrogens with one attached hydrogen (secondary N) is 2. The fourth-order valence-corrected chi connectivity index (χ4v) is 8.10. The van der Waals surface area contributed by atoms with Crippen molar-refractivity contribution in [2.24, 2.45) is 4.99 Å². The van der Waals surface area contributed by atoms with E-state index in [0.29, 0.717) is 5.56 Å². The zero-order valence-corrected chi connectivity index (χ0v) is 18.0. The molecule has 5 rings (SSSR count). The van der Waals surface area contributed by atoms with Crippen LogP contribution in [0.4, 0.5) is 5.69 Å². The monoisotopic (exact) mass is 441 g/mol. The number of aliphatic imine (C=N–C) groups is 1. The molecule has 1 saturated heterocycles. The maximum Gasteiger partial charge on any atom is 0.251 e. The summed E-state index contributed by atoms with van der Waals surface area (Å²) in [5.41, 5.74) is 3.90. The van der Waals surface area contributed by atoms with Crippen molar-refractivity contribution in [2.45, 2.75) is 36.6 Å². The second-order valence-corrected chi connectivity index (χ2v) is 11.4. The van der Waals surface area contributed by atoms with Gasteiger partial charge in [-0.25, -0.2) is 8.42 Å². The molecule has 1 aliphatic carbocycles. The third-order valence-electron chi connectivity index (χ3n) is 5.87. The maximum atomic E-state index is 12.9. The topological polar surface area (TPSA) is 87.6 Å². The van der Waals surface area contributed by atoms with Crippen molar-refractivity contribution in [2.75, 3.05) is 16.8 Å². The number of benzene rings is 2. The number of nitrogens with zero attached hydrogens (tertiary/aromatic N) is 1. The SMILES string of the molecule is O=C(NC1CCCc2ccccc21)c1cccc(NC2=NC3CS(=O)(=O)CC3S2)c1. The highest BCUT2D eigenvalue weighted by molar-refractivity contribution is 8.15. The van der Waals surface area contributed by atoms with E-state index < -0.39 is 9.84 Å². The maximum absolute atomic E-state index is 12.9. The van der Waals surface area contributed by atoms with Crippen LogP contribution in [0.1, 0.15) is 40.4 Å². The zero-order valence-electron chi connectivity index (χ0n) is 16.4. The number of fused-ring (bicyclic) bond motifs is 2. The first-order valence-corrected chi connectivity index (χ1v) is 12.9. The molecule has 6 nitrogen and oxygen atoms in total. The Hall–Kier alpha value is -2.32. The Morgan fingerprint density at radius 1 is 1.10 bits per heavy atom. The van der Waals surface area contributed by atoms with Gasteiger partial charge in [-0.2, -0.15) is 0 Å². The summed E-state index contributed by atoms with van der Waals surface area (Å²) in [7, 11) is -2.96. The standard InChI is InChI=1S/C22H23N3O3S2/c26-21(24-18-10-4-6-14-5-1-2-9-17(14)18)15-7-3-8-16(11-15)23-22-25-19-12-30(27,28)13-20(19)29-22/h1-3,5,7-9,11,18-20H,4,6,10,12-13H2,(H,23,25)(H,24,26). The van der Waals surface area contributed by atoms with Gasteiger partial charge in [0, 0.05) is 16.5 Å². The smallest absolute Gasteiger partial charge is 0.251 e. The largest absolute Gasteiger partial charge is 0.345 e. The Labute approximate surface area is 180 Å². The van der Waals surface area contributed by atoms with Crippen molar-refractivity contribution < 1.29 is 13.2 Å². The summed E-state index contributed by atoms with van der Waals surface area (Å²) in [5.74, 6) is 0.216. The van der Waals surface area contributed by atoms with Gasteiger partial charge in [-0.1, -0.05) is 42.1 Å². The minimum Gasteiger partial charge on any atom is -0.345 e. The molecule has 2 heterocycles. The van der Waals surface area contributed by atoms with Gasteiger partial charge >= 0.3 is 0 Å². The van der Waals surface area contributed by atoms with Crippen molar-refractivity contribution in [3.05, 3.63) is 65.2 Å². The van der Waals surface area contributed by atoms with E-state index >= 15 is 0 Å². The van der Waals surface area contributed by atoms with Gasteiger partial charge in [-0.3, -0.25) is 9.79 Å². The number of rotatable bonds is 3. The second kappa shape index (κ2) is 7.74. The molecule has 0 saturated carbocycles. The Kier molecular flexibility index (Phi) is 5.06. The molecular formula is C22H23N3O3S2. The number of thioether (sulfide) groups is 1. The average molecular weight is 442 g/mol. The molecule has 2 aromatic carbocycles. The molecule has 2 aliphatic heterocycles. The summed E-state index contributed by atoms with van der Waals surface area (Å²) in [6.07, 6.45) is 3.07. The Morgan fingerprint density at radius 2 is 1.97 bits per heavy atom. The molecule has 0 spiro atoms. The van der Waals surface area contributed by atoms with Crippen LogP contribution in [0.25, 0.3) is 0 Å². The van der Waals surface area contributed by atoms with Gasteiger partial charge in [0.2, 0.25) is 0 Å². The van der Waals surface area contributed by atoms with E-state index in [2.05, 4.69) is 27.8 Å². The fraction of sp³-hybridized carbons (Fsp3) is 0.364. The summed E-state index contributed by atoms with van der Waals surface area (Å²) >= 11 is 1.47. The van der Waals surface area contributed by atoms with Crippen LogP contribution in [0.3, 0.4) is 0 Å². The predicted octanol–water partition coefficient (Wildman–Crippen LogP) is 3.17. The molecule has 3 aliphatic rings. The molecular weight excluding hydrogens is 418 g/mol. The van der Waals surface area contributed by atoms with Gasteiger partial charge in [0.25, 0.3) is 5.91 Å². The number of aryl methyl sites for hydroxylation is 1. The molecule has 2 aromatic rings. The van der Waals surface area contributed by atoms with Gasteiger partial charge in [-0.15, -0.1) is 0 Å². The first kappa shape index (κ1) is 19.6. The molecule has 3 atom stereocenters. The summed E-state index contributed by atoms with van der Waals surface area (Å²) in [6, 6.07) is 15.5. The summed E-state index contributed by atoms with van der Waals surface area (Å²) in [6.45, 7) is 0. The quantitative estimate of drug-likeness (QED) is 0.764. The van der Waals surface area contributed by atoms with Crippen LogP contribution in [0.2, 0.25) is 0 Å². The molecule has 0 bridgehead atoms. The molecule has 0 aromatic heterocycles. The van der Waals surface area contributed by atoms with E-state index in [0.717, 1.165) is 30.1 Å². The van der Waals surface area contributed by atoms with Crippen LogP contribution in [0.5, 0.6) is 0 Å². The highest BCUT2D eigenvalue weighted by Gasteiger charge is 2.42. The number of carbonyl (C=O) groups is 1. The van der Waals surface area contributed by atoms with Gasteiger partial charge < -0.3 is 10.6 Å². The van der Waals surface area contributed by atoms with Gasteiger partial charge in [-0.05, 0) is 48.6 Å². The summed E-state index contributed by atoms with van der Waals surface area (Å²) in [5, 5.41) is 7.15. The molecule has 156 valence electrons. The number of hydrogen-bond donors (Lipinski definition) is 2. The fourth-order valence-electron chi connectivity index (χ4n) is 4.42. The van der Waals surface area contributed by atoms with Crippen LogP contribution >= 0.6 is 11.8 Å². The highest BCUT2D eigenvalue weighted by Crippen LogP contribution is 2.35. The van der Waals surface area contributed by atoms with E-state index in [4.69, 9.17) is 0 Å². The van der Waals surface area contributed by atoms with Crippen LogP contribution in [-0.4, -0.2) is 42.3 Å².